The Morgan fingerprint density at radius 3 is 2.47 bits per heavy atom. The quantitative estimate of drug-likeness (QED) is 0.799. The topological polar surface area (TPSA) is 26.3 Å². The number of ketones is 1. The van der Waals surface area contributed by atoms with Crippen LogP contribution in [0.15, 0.2) is 36.4 Å². The molecule has 2 aromatic rings. The van der Waals surface area contributed by atoms with Gasteiger partial charge in [0.1, 0.15) is 5.82 Å². The molecule has 5 heteroatoms. The third kappa shape index (κ3) is 2.74. The Labute approximate surface area is 113 Å². The van der Waals surface area contributed by atoms with Gasteiger partial charge in [-0.2, -0.15) is 0 Å². The highest BCUT2D eigenvalue weighted by molar-refractivity contribution is 6.31. The predicted molar refractivity (Wildman–Crippen MR) is 67.8 cm³/mol. The zero-order valence-electron chi connectivity index (χ0n) is 9.91. The summed E-state index contributed by atoms with van der Waals surface area (Å²) in [6, 6.07) is 7.32. The largest absolute Gasteiger partial charge is 0.494 e. The number of carbonyl (C=O) groups excluding carboxylic acids is 1. The van der Waals surface area contributed by atoms with Crippen LogP contribution >= 0.6 is 11.6 Å². The smallest absolute Gasteiger partial charge is 0.196 e. The molecule has 2 aromatic carbocycles. The van der Waals surface area contributed by atoms with Crippen molar-refractivity contribution in [1.82, 2.24) is 0 Å². The zero-order valence-corrected chi connectivity index (χ0v) is 10.7. The van der Waals surface area contributed by atoms with Crippen LogP contribution in [0.4, 0.5) is 8.78 Å². The molecule has 19 heavy (non-hydrogen) atoms. The first-order chi connectivity index (χ1) is 9.02. The zero-order chi connectivity index (χ0) is 14.0. The molecule has 0 aliphatic carbocycles. The Morgan fingerprint density at radius 1 is 1.11 bits per heavy atom. The molecule has 0 aliphatic rings. The van der Waals surface area contributed by atoms with Gasteiger partial charge in [-0.15, -0.1) is 0 Å². The van der Waals surface area contributed by atoms with Gasteiger partial charge in [0, 0.05) is 10.6 Å². The van der Waals surface area contributed by atoms with Crippen LogP contribution in [0.5, 0.6) is 5.75 Å². The number of benzene rings is 2. The number of hydrogen-bond acceptors (Lipinski definition) is 2. The molecule has 0 bridgehead atoms. The lowest BCUT2D eigenvalue weighted by molar-refractivity contribution is 0.103. The van der Waals surface area contributed by atoms with E-state index in [1.54, 1.807) is 0 Å². The summed E-state index contributed by atoms with van der Waals surface area (Å²) in [5.41, 5.74) is -0.170. The van der Waals surface area contributed by atoms with E-state index in [-0.39, 0.29) is 21.9 Å². The standard InChI is InChI=1S/C14H9ClF2O2/c1-19-13-5-2-8(6-12(13)17)14(18)10-7-9(15)3-4-11(10)16/h2-7H,1H3. The van der Waals surface area contributed by atoms with Gasteiger partial charge in [0.2, 0.25) is 0 Å². The lowest BCUT2D eigenvalue weighted by atomic mass is 10.0. The fourth-order valence-corrected chi connectivity index (χ4v) is 1.81. The fourth-order valence-electron chi connectivity index (χ4n) is 1.63. The average molecular weight is 283 g/mol. The second-order valence-corrected chi connectivity index (χ2v) is 4.24. The van der Waals surface area contributed by atoms with E-state index in [9.17, 15) is 13.6 Å². The van der Waals surface area contributed by atoms with Gasteiger partial charge in [-0.3, -0.25) is 4.79 Å². The molecule has 0 aliphatic heterocycles. The van der Waals surface area contributed by atoms with Crippen LogP contribution in [0.1, 0.15) is 15.9 Å². The van der Waals surface area contributed by atoms with Gasteiger partial charge in [0.05, 0.1) is 12.7 Å². The first kappa shape index (κ1) is 13.5. The van der Waals surface area contributed by atoms with Crippen molar-refractivity contribution in [2.45, 2.75) is 0 Å². The number of hydrogen-bond donors (Lipinski definition) is 0. The molecule has 98 valence electrons. The van der Waals surface area contributed by atoms with Gasteiger partial charge >= 0.3 is 0 Å². The van der Waals surface area contributed by atoms with Crippen molar-refractivity contribution in [2.24, 2.45) is 0 Å². The van der Waals surface area contributed by atoms with E-state index in [1.165, 1.54) is 31.4 Å². The third-order valence-electron chi connectivity index (χ3n) is 2.59. The molecule has 0 radical (unpaired) electrons. The maximum atomic E-state index is 13.6. The average Bonchev–Trinajstić information content (AvgIpc) is 2.40. The normalized spacial score (nSPS) is 10.3. The maximum absolute atomic E-state index is 13.6. The molecule has 0 saturated heterocycles. The minimum Gasteiger partial charge on any atom is -0.494 e. The molecule has 0 heterocycles. The molecular formula is C14H9ClF2O2. The van der Waals surface area contributed by atoms with Crippen LogP contribution in [-0.4, -0.2) is 12.9 Å². The van der Waals surface area contributed by atoms with Crippen LogP contribution in [0.2, 0.25) is 5.02 Å². The minimum absolute atomic E-state index is 0.0168. The molecule has 0 fully saturated rings. The van der Waals surface area contributed by atoms with Crippen molar-refractivity contribution in [1.29, 1.82) is 0 Å². The van der Waals surface area contributed by atoms with Crippen LogP contribution < -0.4 is 4.74 Å². The molecule has 0 saturated carbocycles. The second-order valence-electron chi connectivity index (χ2n) is 3.80. The number of methoxy groups -OCH3 is 1. The van der Waals surface area contributed by atoms with E-state index in [4.69, 9.17) is 16.3 Å². The number of halogens is 3. The monoisotopic (exact) mass is 282 g/mol. The molecule has 0 unspecified atom stereocenters. The van der Waals surface area contributed by atoms with Gasteiger partial charge in [0.25, 0.3) is 0 Å². The lowest BCUT2D eigenvalue weighted by Crippen LogP contribution is -2.05. The summed E-state index contributed by atoms with van der Waals surface area (Å²) in [7, 11) is 1.32. The van der Waals surface area contributed by atoms with Crippen molar-refractivity contribution in [3.8, 4) is 5.75 Å². The molecule has 0 atom stereocenters. The molecule has 2 rings (SSSR count). The van der Waals surface area contributed by atoms with Crippen LogP contribution in [0.3, 0.4) is 0 Å². The highest BCUT2D eigenvalue weighted by atomic mass is 35.5. The van der Waals surface area contributed by atoms with Gasteiger partial charge < -0.3 is 4.74 Å². The van der Waals surface area contributed by atoms with Gasteiger partial charge in [-0.1, -0.05) is 11.6 Å². The molecule has 0 spiro atoms. The van der Waals surface area contributed by atoms with E-state index < -0.39 is 17.4 Å². The van der Waals surface area contributed by atoms with Crippen molar-refractivity contribution < 1.29 is 18.3 Å². The minimum atomic E-state index is -0.703. The van der Waals surface area contributed by atoms with E-state index in [2.05, 4.69) is 0 Å². The SMILES string of the molecule is COc1ccc(C(=O)c2cc(Cl)ccc2F)cc1F. The summed E-state index contributed by atoms with van der Waals surface area (Å²) in [5, 5.41) is 0.235. The van der Waals surface area contributed by atoms with Crippen LogP contribution in [-0.2, 0) is 0 Å². The van der Waals surface area contributed by atoms with E-state index >= 15 is 0 Å². The van der Waals surface area contributed by atoms with Gasteiger partial charge in [-0.05, 0) is 36.4 Å². The predicted octanol–water partition coefficient (Wildman–Crippen LogP) is 3.86. The highest BCUT2D eigenvalue weighted by Crippen LogP contribution is 2.22. The van der Waals surface area contributed by atoms with Crippen molar-refractivity contribution in [3.05, 3.63) is 64.2 Å². The Morgan fingerprint density at radius 2 is 1.84 bits per heavy atom. The molecule has 0 amide bonds. The highest BCUT2D eigenvalue weighted by Gasteiger charge is 2.16. The summed E-state index contributed by atoms with van der Waals surface area (Å²) in [5.74, 6) is -2.01. The molecular weight excluding hydrogens is 274 g/mol. The van der Waals surface area contributed by atoms with E-state index in [1.807, 2.05) is 0 Å². The summed E-state index contributed by atoms with van der Waals surface area (Å²) in [6.07, 6.45) is 0. The third-order valence-corrected chi connectivity index (χ3v) is 2.82. The van der Waals surface area contributed by atoms with Crippen LogP contribution in [0, 0.1) is 11.6 Å². The fraction of sp³-hybridized carbons (Fsp3) is 0.0714. The Hall–Kier alpha value is -1.94. The number of carbonyl (C=O) groups is 1. The van der Waals surface area contributed by atoms with E-state index in [0.717, 1.165) is 12.1 Å². The molecule has 2 nitrogen and oxygen atoms in total. The first-order valence-corrected chi connectivity index (χ1v) is 5.74. The maximum Gasteiger partial charge on any atom is 0.196 e. The van der Waals surface area contributed by atoms with Crippen molar-refractivity contribution >= 4 is 17.4 Å². The van der Waals surface area contributed by atoms with Gasteiger partial charge in [-0.25, -0.2) is 8.78 Å². The number of ether oxygens (including phenoxy) is 1. The van der Waals surface area contributed by atoms with Crippen molar-refractivity contribution in [2.75, 3.05) is 7.11 Å². The van der Waals surface area contributed by atoms with Crippen LogP contribution in [0.25, 0.3) is 0 Å². The summed E-state index contributed by atoms with van der Waals surface area (Å²) in [6.45, 7) is 0. The Bertz CT molecular complexity index is 641. The van der Waals surface area contributed by atoms with Gasteiger partial charge in [0.15, 0.2) is 17.3 Å². The summed E-state index contributed by atoms with van der Waals surface area (Å²) >= 11 is 5.71. The second kappa shape index (κ2) is 5.36. The molecule has 0 aromatic heterocycles. The summed E-state index contributed by atoms with van der Waals surface area (Å²) in [4.78, 5) is 12.1. The first-order valence-electron chi connectivity index (χ1n) is 5.36. The summed E-state index contributed by atoms with van der Waals surface area (Å²) < 4.78 is 31.8. The number of rotatable bonds is 3. The van der Waals surface area contributed by atoms with Crippen molar-refractivity contribution in [3.63, 3.8) is 0 Å². The Kier molecular flexibility index (Phi) is 3.81. The molecule has 0 N–H and O–H groups in total. The Balaban J connectivity index is 2.44. The lowest BCUT2D eigenvalue weighted by Gasteiger charge is -2.06. The van der Waals surface area contributed by atoms with E-state index in [0.29, 0.717) is 0 Å².